The average molecular weight is 1350 g/mol. The van der Waals surface area contributed by atoms with E-state index in [9.17, 15) is 19.0 Å². The summed E-state index contributed by atoms with van der Waals surface area (Å²) in [7, 11) is -4.40. The van der Waals surface area contributed by atoms with Gasteiger partial charge in [-0.05, 0) is 96.3 Å². The molecule has 0 bridgehead atoms. The van der Waals surface area contributed by atoms with Crippen LogP contribution in [0.3, 0.4) is 0 Å². The van der Waals surface area contributed by atoms with Crippen molar-refractivity contribution in [3.63, 3.8) is 0 Å². The molecule has 0 saturated heterocycles. The number of hydrogen-bond acceptors (Lipinski definition) is 8. The number of ether oxygens (including phenoxy) is 2. The Bertz CT molecular complexity index is 1890. The monoisotopic (exact) mass is 1350 g/mol. The molecule has 0 amide bonds. The molecule has 0 aromatic heterocycles. The van der Waals surface area contributed by atoms with E-state index in [2.05, 4.69) is 111 Å². The minimum absolute atomic E-state index is 0.0537. The van der Waals surface area contributed by atoms with Crippen LogP contribution in [0.15, 0.2) is 97.2 Å². The van der Waals surface area contributed by atoms with Gasteiger partial charge in [0.2, 0.25) is 0 Å². The van der Waals surface area contributed by atoms with Crippen LogP contribution < -0.4 is 5.73 Å². The standard InChI is InChI=1S/C85H154NO8P/c1-3-5-7-9-11-13-15-17-19-21-23-25-27-29-31-33-35-37-39-40-41-42-44-46-48-50-52-54-56-58-60-62-64-66-68-70-72-74-76-78-85(88)94-83(82-93-95(89,90)92-80-79-86)81-91-84(87)77-75-73-71-69-67-65-63-61-59-57-55-53-51-49-47-45-43-38-36-34-32-30-28-26-24-22-20-18-16-14-12-10-8-6-4-2/h5,7,11,13,16-19,22-25,29,31,35,37,83H,3-4,6,8-10,12,14-15,20-21,26-28,30,32-34,36,38-82,86H2,1-2H3,(H,89,90)/b7-5-,13-11-,18-16-,19-17-,24-22-,25-23-,31-29-,37-35-. The third-order valence-corrected chi connectivity index (χ3v) is 18.9. The van der Waals surface area contributed by atoms with Gasteiger partial charge in [-0.1, -0.05) is 387 Å². The van der Waals surface area contributed by atoms with E-state index in [4.69, 9.17) is 24.3 Å². The zero-order chi connectivity index (χ0) is 68.6. The molecule has 0 fully saturated rings. The predicted molar refractivity (Wildman–Crippen MR) is 413 cm³/mol. The predicted octanol–water partition coefficient (Wildman–Crippen LogP) is 27.4. The Morgan fingerprint density at radius 3 is 0.863 bits per heavy atom. The number of rotatable bonds is 77. The molecular formula is C85H154NO8P. The number of unbranched alkanes of at least 4 members (excludes halogenated alkanes) is 48. The van der Waals surface area contributed by atoms with Crippen LogP contribution in [0.1, 0.15) is 399 Å². The van der Waals surface area contributed by atoms with E-state index in [1.54, 1.807) is 0 Å². The molecule has 2 atom stereocenters. The molecule has 9 nitrogen and oxygen atoms in total. The van der Waals surface area contributed by atoms with Gasteiger partial charge in [0.15, 0.2) is 6.10 Å². The van der Waals surface area contributed by atoms with Crippen molar-refractivity contribution in [3.05, 3.63) is 97.2 Å². The number of carbonyl (C=O) groups is 2. The Morgan fingerprint density at radius 2 is 0.579 bits per heavy atom. The summed E-state index contributed by atoms with van der Waals surface area (Å²) in [6, 6.07) is 0. The first-order chi connectivity index (χ1) is 46.8. The second kappa shape index (κ2) is 79.9. The van der Waals surface area contributed by atoms with E-state index >= 15 is 0 Å². The van der Waals surface area contributed by atoms with Gasteiger partial charge in [0.25, 0.3) is 0 Å². The molecule has 95 heavy (non-hydrogen) atoms. The summed E-state index contributed by atoms with van der Waals surface area (Å²) in [5.41, 5.74) is 5.42. The van der Waals surface area contributed by atoms with Crippen molar-refractivity contribution < 1.29 is 37.6 Å². The van der Waals surface area contributed by atoms with E-state index < -0.39 is 26.5 Å². The van der Waals surface area contributed by atoms with Crippen molar-refractivity contribution >= 4 is 19.8 Å². The van der Waals surface area contributed by atoms with Crippen molar-refractivity contribution in [2.75, 3.05) is 26.4 Å². The molecule has 0 spiro atoms. The highest BCUT2D eigenvalue weighted by atomic mass is 31.2. The van der Waals surface area contributed by atoms with Gasteiger partial charge in [-0.3, -0.25) is 18.6 Å². The highest BCUT2D eigenvalue weighted by Crippen LogP contribution is 2.43. The van der Waals surface area contributed by atoms with Gasteiger partial charge in [0.05, 0.1) is 13.2 Å². The van der Waals surface area contributed by atoms with Crippen molar-refractivity contribution in [2.45, 2.75) is 405 Å². The summed E-state index contributed by atoms with van der Waals surface area (Å²) in [4.78, 5) is 35.5. The van der Waals surface area contributed by atoms with Gasteiger partial charge in [0.1, 0.15) is 6.61 Å². The molecule has 0 rings (SSSR count). The first-order valence-electron chi connectivity index (χ1n) is 40.7. The largest absolute Gasteiger partial charge is 0.472 e. The molecule has 2 unspecified atom stereocenters. The van der Waals surface area contributed by atoms with Crippen LogP contribution in [-0.4, -0.2) is 49.3 Å². The fraction of sp³-hybridized carbons (Fsp3) is 0.788. The summed E-state index contributed by atoms with van der Waals surface area (Å²) in [5, 5.41) is 0. The lowest BCUT2D eigenvalue weighted by Gasteiger charge is -2.19. The van der Waals surface area contributed by atoms with E-state index in [1.807, 2.05) is 0 Å². The third kappa shape index (κ3) is 79.8. The Balaban J connectivity index is 3.77. The van der Waals surface area contributed by atoms with Crippen LogP contribution in [-0.2, 0) is 32.7 Å². The van der Waals surface area contributed by atoms with Crippen LogP contribution in [0, 0.1) is 0 Å². The van der Waals surface area contributed by atoms with Crippen molar-refractivity contribution in [1.29, 1.82) is 0 Å². The topological polar surface area (TPSA) is 134 Å². The Kier molecular flexibility index (Phi) is 77.3. The highest BCUT2D eigenvalue weighted by molar-refractivity contribution is 7.47. The number of esters is 2. The molecule has 0 radical (unpaired) electrons. The maximum atomic E-state index is 12.8. The van der Waals surface area contributed by atoms with Crippen molar-refractivity contribution in [1.82, 2.24) is 0 Å². The number of phosphoric ester groups is 1. The summed E-state index contributed by atoms with van der Waals surface area (Å²) < 4.78 is 33.3. The van der Waals surface area contributed by atoms with Gasteiger partial charge >= 0.3 is 19.8 Å². The molecule has 552 valence electrons. The summed E-state index contributed by atoms with van der Waals surface area (Å²) in [6.07, 6.45) is 110. The summed E-state index contributed by atoms with van der Waals surface area (Å²) >= 11 is 0. The van der Waals surface area contributed by atoms with E-state index in [1.165, 1.54) is 289 Å². The van der Waals surface area contributed by atoms with Gasteiger partial charge in [-0.15, -0.1) is 0 Å². The first-order valence-corrected chi connectivity index (χ1v) is 42.2. The van der Waals surface area contributed by atoms with Crippen LogP contribution in [0.25, 0.3) is 0 Å². The number of carbonyl (C=O) groups excluding carboxylic acids is 2. The number of hydrogen-bond donors (Lipinski definition) is 2. The Hall–Kier alpha value is -3.07. The minimum atomic E-state index is -4.40. The van der Waals surface area contributed by atoms with Gasteiger partial charge < -0.3 is 20.1 Å². The zero-order valence-corrected chi connectivity index (χ0v) is 63.3. The number of allylic oxidation sites excluding steroid dienone is 16. The van der Waals surface area contributed by atoms with Crippen molar-refractivity contribution in [3.8, 4) is 0 Å². The van der Waals surface area contributed by atoms with E-state index in [0.717, 1.165) is 77.0 Å². The normalized spacial score (nSPS) is 13.3. The van der Waals surface area contributed by atoms with Gasteiger partial charge in [-0.25, -0.2) is 4.57 Å². The van der Waals surface area contributed by atoms with Gasteiger partial charge in [-0.2, -0.15) is 0 Å². The Labute approximate surface area is 588 Å². The van der Waals surface area contributed by atoms with Crippen LogP contribution in [0.5, 0.6) is 0 Å². The maximum Gasteiger partial charge on any atom is 0.472 e. The molecule has 0 aliphatic rings. The fourth-order valence-corrected chi connectivity index (χ4v) is 12.7. The second-order valence-corrected chi connectivity index (χ2v) is 28.7. The molecule has 3 N–H and O–H groups in total. The van der Waals surface area contributed by atoms with Crippen molar-refractivity contribution in [2.24, 2.45) is 5.73 Å². The third-order valence-electron chi connectivity index (χ3n) is 18.0. The SMILES string of the molecule is CC/C=C\C/C=C\C/C=C\C/C=C\C/C=C\C/C=C\CCCCCCCCCCCCCCCCCCCCCCC(=O)OC(COC(=O)CCCCCCCCCCCCCCCCCCCCCCCCC/C=C\C/C=C\CCCCCCC)COP(=O)(O)OCCN. The van der Waals surface area contributed by atoms with E-state index in [-0.39, 0.29) is 38.6 Å². The lowest BCUT2D eigenvalue weighted by Crippen LogP contribution is -2.29. The summed E-state index contributed by atoms with van der Waals surface area (Å²) in [6.45, 7) is 3.68. The number of phosphoric acid groups is 1. The van der Waals surface area contributed by atoms with E-state index in [0.29, 0.717) is 6.42 Å². The number of nitrogens with two attached hydrogens (primary N) is 1. The average Bonchev–Trinajstić information content (AvgIpc) is 3.16. The molecule has 0 saturated carbocycles. The van der Waals surface area contributed by atoms with Crippen LogP contribution in [0.4, 0.5) is 0 Å². The second-order valence-electron chi connectivity index (χ2n) is 27.3. The first kappa shape index (κ1) is 91.9. The fourth-order valence-electron chi connectivity index (χ4n) is 12.0. The maximum absolute atomic E-state index is 12.8. The molecule has 0 aliphatic heterocycles. The molecule has 0 aliphatic carbocycles. The van der Waals surface area contributed by atoms with Crippen LogP contribution >= 0.6 is 7.82 Å². The molecule has 0 aromatic rings. The smallest absolute Gasteiger partial charge is 0.462 e. The molecule has 10 heteroatoms. The highest BCUT2D eigenvalue weighted by Gasteiger charge is 2.26. The lowest BCUT2D eigenvalue weighted by molar-refractivity contribution is -0.161. The lowest BCUT2D eigenvalue weighted by atomic mass is 10.0. The Morgan fingerprint density at radius 1 is 0.326 bits per heavy atom. The van der Waals surface area contributed by atoms with Crippen LogP contribution in [0.2, 0.25) is 0 Å². The minimum Gasteiger partial charge on any atom is -0.462 e. The molecule has 0 heterocycles. The molecule has 0 aromatic carbocycles. The quantitative estimate of drug-likeness (QED) is 0.0264. The molecular weight excluding hydrogens is 1190 g/mol. The zero-order valence-electron chi connectivity index (χ0n) is 62.4. The van der Waals surface area contributed by atoms with Gasteiger partial charge in [0, 0.05) is 19.4 Å². The summed E-state index contributed by atoms with van der Waals surface area (Å²) in [5.74, 6) is -0.808.